The predicted molar refractivity (Wildman–Crippen MR) is 148 cm³/mol. The number of carbonyl (C=O) groups is 5. The number of nitrogens with two attached hydrogens (primary N) is 1. The summed E-state index contributed by atoms with van der Waals surface area (Å²) in [4.78, 5) is 65.7. The molecule has 3 saturated heterocycles. The number of hydrogen-bond acceptors (Lipinski definition) is 11. The fourth-order valence-corrected chi connectivity index (χ4v) is 8.96. The molecule has 13 nitrogen and oxygen atoms in total. The van der Waals surface area contributed by atoms with E-state index in [1.807, 2.05) is 18.2 Å². The molecule has 224 valence electrons. The Hall–Kier alpha value is -2.88. The van der Waals surface area contributed by atoms with E-state index in [0.717, 1.165) is 10.5 Å². The van der Waals surface area contributed by atoms with Crippen molar-refractivity contribution < 1.29 is 41.9 Å². The molecule has 41 heavy (non-hydrogen) atoms. The number of ether oxygens (including phenoxy) is 2. The Kier molecular flexibility index (Phi) is 8.39. The molecule has 1 aliphatic carbocycles. The van der Waals surface area contributed by atoms with Gasteiger partial charge in [-0.2, -0.15) is 0 Å². The number of sulfone groups is 1. The van der Waals surface area contributed by atoms with Crippen LogP contribution in [0.1, 0.15) is 40.0 Å². The first-order chi connectivity index (χ1) is 18.8. The maximum Gasteiger partial charge on any atom is 0.357 e. The predicted octanol–water partition coefficient (Wildman–Crippen LogP) is -0.136. The van der Waals surface area contributed by atoms with E-state index in [4.69, 9.17) is 15.2 Å². The summed E-state index contributed by atoms with van der Waals surface area (Å²) in [5.74, 6) is -3.00. The molecule has 5 rings (SSSR count). The molecule has 0 aromatic carbocycles. The third-order valence-corrected chi connectivity index (χ3v) is 12.2. The SMILES string of the molecule is CC1=C(C(=O)OCOC(=O)C2N3C(=O)CC3S(=O)(=O)C2(C)C)N2C(=O)C(NC(=O)C(N)C3=CCC=CC3)C2SC1.Cl. The number of hydrogen-bond donors (Lipinski definition) is 2. The van der Waals surface area contributed by atoms with Crippen LogP contribution in [0.2, 0.25) is 0 Å². The minimum atomic E-state index is -3.80. The second-order valence-corrected chi connectivity index (χ2v) is 14.5. The molecule has 0 saturated carbocycles. The van der Waals surface area contributed by atoms with Crippen molar-refractivity contribution in [3.63, 3.8) is 0 Å². The minimum Gasteiger partial charge on any atom is -0.426 e. The molecular formula is C25H31ClN4O9S2. The van der Waals surface area contributed by atoms with E-state index in [2.05, 4.69) is 5.32 Å². The maximum absolute atomic E-state index is 13.0. The van der Waals surface area contributed by atoms with Gasteiger partial charge in [0.25, 0.3) is 5.91 Å². The van der Waals surface area contributed by atoms with Crippen molar-refractivity contribution in [1.82, 2.24) is 15.1 Å². The number of allylic oxidation sites excluding steroid dienone is 3. The van der Waals surface area contributed by atoms with Crippen LogP contribution in [-0.2, 0) is 43.3 Å². The number of nitrogens with one attached hydrogen (secondary N) is 1. The van der Waals surface area contributed by atoms with Gasteiger partial charge in [-0.15, -0.1) is 24.2 Å². The Bertz CT molecular complexity index is 1410. The third-order valence-electron chi connectivity index (χ3n) is 7.96. The number of amides is 3. The Morgan fingerprint density at radius 3 is 2.56 bits per heavy atom. The summed E-state index contributed by atoms with van der Waals surface area (Å²) in [6.45, 7) is 3.51. The van der Waals surface area contributed by atoms with Crippen LogP contribution in [0.15, 0.2) is 35.1 Å². The smallest absolute Gasteiger partial charge is 0.357 e. The van der Waals surface area contributed by atoms with Gasteiger partial charge in [0.2, 0.25) is 18.6 Å². The van der Waals surface area contributed by atoms with Crippen LogP contribution >= 0.6 is 24.2 Å². The number of nitrogens with zero attached hydrogens (tertiary/aromatic N) is 2. The average Bonchev–Trinajstić information content (AvgIpc) is 3.04. The Balaban J connectivity index is 0.00000387. The topological polar surface area (TPSA) is 182 Å². The molecule has 0 aromatic rings. The average molecular weight is 631 g/mol. The van der Waals surface area contributed by atoms with Gasteiger partial charge in [-0.3, -0.25) is 19.3 Å². The summed E-state index contributed by atoms with van der Waals surface area (Å²) in [5.41, 5.74) is 7.40. The van der Waals surface area contributed by atoms with Gasteiger partial charge in [0.15, 0.2) is 9.84 Å². The number of β-lactam (4-membered cyclic amide) rings is 2. The van der Waals surface area contributed by atoms with E-state index < -0.39 is 79.9 Å². The highest BCUT2D eigenvalue weighted by atomic mass is 35.5. The van der Waals surface area contributed by atoms with Gasteiger partial charge in [-0.05, 0) is 44.8 Å². The lowest BCUT2D eigenvalue weighted by Crippen LogP contribution is -2.71. The van der Waals surface area contributed by atoms with Crippen LogP contribution in [0.5, 0.6) is 0 Å². The van der Waals surface area contributed by atoms with Gasteiger partial charge in [0, 0.05) is 5.75 Å². The van der Waals surface area contributed by atoms with Crippen LogP contribution < -0.4 is 11.1 Å². The summed E-state index contributed by atoms with van der Waals surface area (Å²) >= 11 is 1.37. The molecule has 16 heteroatoms. The van der Waals surface area contributed by atoms with Crippen LogP contribution in [0.25, 0.3) is 0 Å². The van der Waals surface area contributed by atoms with Crippen molar-refractivity contribution in [3.05, 3.63) is 35.1 Å². The monoisotopic (exact) mass is 630 g/mol. The number of fused-ring (bicyclic) bond motifs is 2. The van der Waals surface area contributed by atoms with Crippen molar-refractivity contribution in [1.29, 1.82) is 0 Å². The zero-order valence-electron chi connectivity index (χ0n) is 22.5. The molecule has 5 aliphatic rings. The lowest BCUT2D eigenvalue weighted by Gasteiger charge is -2.49. The van der Waals surface area contributed by atoms with Crippen molar-refractivity contribution in [2.75, 3.05) is 12.5 Å². The highest BCUT2D eigenvalue weighted by Gasteiger charge is 2.68. The molecule has 5 unspecified atom stereocenters. The standard InChI is InChI=1S/C25H30N4O9S2.ClH/c1-12-10-39-22-17(27-20(31)16(26)13-7-5-4-6-8-13)21(32)29(22)18(12)23(33)37-11-38-24(34)19-25(2,3)40(35,36)15-9-14(30)28(15)19;/h4-5,8,15-17,19,22H,6-7,9-11,26H2,1-3H3,(H,27,31);1H. The van der Waals surface area contributed by atoms with Crippen molar-refractivity contribution in [2.45, 2.75) is 73.7 Å². The Labute approximate surface area is 247 Å². The van der Waals surface area contributed by atoms with E-state index in [9.17, 15) is 32.4 Å². The second-order valence-electron chi connectivity index (χ2n) is 10.7. The van der Waals surface area contributed by atoms with Gasteiger partial charge in [0.1, 0.15) is 34.6 Å². The van der Waals surface area contributed by atoms with Crippen LogP contribution in [0.3, 0.4) is 0 Å². The first-order valence-electron chi connectivity index (χ1n) is 12.7. The zero-order valence-corrected chi connectivity index (χ0v) is 25.0. The fourth-order valence-electron chi connectivity index (χ4n) is 5.54. The van der Waals surface area contributed by atoms with Crippen molar-refractivity contribution in [2.24, 2.45) is 5.73 Å². The first-order valence-corrected chi connectivity index (χ1v) is 15.3. The molecule has 3 N–H and O–H groups in total. The van der Waals surface area contributed by atoms with E-state index in [1.54, 1.807) is 6.92 Å². The van der Waals surface area contributed by atoms with E-state index >= 15 is 0 Å². The Morgan fingerprint density at radius 1 is 1.22 bits per heavy atom. The van der Waals surface area contributed by atoms with Crippen molar-refractivity contribution >= 4 is 63.7 Å². The first kappa shape index (κ1) is 31.1. The lowest BCUT2D eigenvalue weighted by atomic mass is 9.97. The van der Waals surface area contributed by atoms with Crippen LogP contribution in [-0.4, -0.2) is 94.0 Å². The molecule has 0 spiro atoms. The molecule has 4 aliphatic heterocycles. The maximum atomic E-state index is 13.0. The summed E-state index contributed by atoms with van der Waals surface area (Å²) in [6.07, 6.45) is 6.83. The summed E-state index contributed by atoms with van der Waals surface area (Å²) in [7, 11) is -3.80. The summed E-state index contributed by atoms with van der Waals surface area (Å²) < 4.78 is 34.0. The molecule has 0 bridgehead atoms. The van der Waals surface area contributed by atoms with Gasteiger partial charge < -0.3 is 25.4 Å². The lowest BCUT2D eigenvalue weighted by molar-refractivity contribution is -0.175. The fraction of sp³-hybridized carbons (Fsp3) is 0.560. The number of esters is 2. The number of thioether (sulfide) groups is 1. The molecule has 4 heterocycles. The number of carbonyl (C=O) groups excluding carboxylic acids is 5. The van der Waals surface area contributed by atoms with E-state index in [-0.39, 0.29) is 24.5 Å². The summed E-state index contributed by atoms with van der Waals surface area (Å²) in [6, 6.07) is -3.13. The van der Waals surface area contributed by atoms with E-state index in [1.165, 1.54) is 30.5 Å². The third kappa shape index (κ3) is 4.85. The van der Waals surface area contributed by atoms with Gasteiger partial charge >= 0.3 is 11.9 Å². The van der Waals surface area contributed by atoms with Crippen LogP contribution in [0.4, 0.5) is 0 Å². The van der Waals surface area contributed by atoms with Gasteiger partial charge in [0.05, 0.1) is 11.2 Å². The largest absolute Gasteiger partial charge is 0.426 e. The number of rotatable bonds is 7. The zero-order chi connectivity index (χ0) is 29.1. The normalized spacial score (nSPS) is 29.6. The number of halogens is 1. The summed E-state index contributed by atoms with van der Waals surface area (Å²) in [5, 5.41) is 1.07. The van der Waals surface area contributed by atoms with Crippen molar-refractivity contribution in [3.8, 4) is 0 Å². The molecule has 5 atom stereocenters. The van der Waals surface area contributed by atoms with Crippen LogP contribution in [0, 0.1) is 0 Å². The highest BCUT2D eigenvalue weighted by molar-refractivity contribution is 8.00. The van der Waals surface area contributed by atoms with Gasteiger partial charge in [-0.1, -0.05) is 18.2 Å². The Morgan fingerprint density at radius 2 is 1.93 bits per heavy atom. The molecular weight excluding hydrogens is 600 g/mol. The quantitative estimate of drug-likeness (QED) is 0.165. The van der Waals surface area contributed by atoms with Gasteiger partial charge in [-0.25, -0.2) is 18.0 Å². The molecule has 0 aromatic heterocycles. The molecule has 3 amide bonds. The molecule has 0 radical (unpaired) electrons. The molecule has 3 fully saturated rings. The second kappa shape index (κ2) is 11.1. The highest BCUT2D eigenvalue weighted by Crippen LogP contribution is 2.46. The van der Waals surface area contributed by atoms with E-state index in [0.29, 0.717) is 24.2 Å². The minimum absolute atomic E-state index is 0.